The van der Waals surface area contributed by atoms with Crippen molar-refractivity contribution >= 4 is 17.0 Å². The molecule has 72 valence electrons. The molecule has 1 aliphatic rings. The molecule has 0 radical (unpaired) electrons. The lowest BCUT2D eigenvalue weighted by Crippen LogP contribution is -2.36. The molecule has 2 heterocycles. The Balaban J connectivity index is 1.83. The molecule has 0 spiro atoms. The van der Waals surface area contributed by atoms with Gasteiger partial charge in [-0.15, -0.1) is 0 Å². The standard InChI is InChI=1S/C10H16N2S/c1-12-5-2-9(3-6-12)11-10-4-7-13-8-10/h4,7-9,11H,2-3,5-6H2,1H3. The molecule has 1 aromatic rings. The topological polar surface area (TPSA) is 15.3 Å². The highest BCUT2D eigenvalue weighted by Gasteiger charge is 2.15. The first-order valence-electron chi connectivity index (χ1n) is 4.82. The Labute approximate surface area is 83.6 Å². The molecular weight excluding hydrogens is 180 g/mol. The predicted molar refractivity (Wildman–Crippen MR) is 58.5 cm³/mol. The third-order valence-corrected chi connectivity index (χ3v) is 3.29. The van der Waals surface area contributed by atoms with Crippen LogP contribution in [0.2, 0.25) is 0 Å². The molecule has 2 rings (SSSR count). The van der Waals surface area contributed by atoms with Crippen LogP contribution in [0.15, 0.2) is 16.8 Å². The van der Waals surface area contributed by atoms with Gasteiger partial charge >= 0.3 is 0 Å². The van der Waals surface area contributed by atoms with Crippen LogP contribution in [0.4, 0.5) is 5.69 Å². The van der Waals surface area contributed by atoms with Crippen molar-refractivity contribution in [1.29, 1.82) is 0 Å². The number of nitrogens with zero attached hydrogens (tertiary/aromatic N) is 1. The first kappa shape index (κ1) is 9.03. The molecule has 1 fully saturated rings. The zero-order valence-corrected chi connectivity index (χ0v) is 8.81. The van der Waals surface area contributed by atoms with E-state index in [2.05, 4.69) is 34.1 Å². The quantitative estimate of drug-likeness (QED) is 0.780. The molecular formula is C10H16N2S. The Bertz CT molecular complexity index is 237. The minimum absolute atomic E-state index is 0.686. The summed E-state index contributed by atoms with van der Waals surface area (Å²) in [5.74, 6) is 0. The highest BCUT2D eigenvalue weighted by atomic mass is 32.1. The van der Waals surface area contributed by atoms with Gasteiger partial charge in [0, 0.05) is 17.1 Å². The van der Waals surface area contributed by atoms with Gasteiger partial charge in [0.1, 0.15) is 0 Å². The molecule has 0 saturated carbocycles. The number of hydrogen-bond acceptors (Lipinski definition) is 3. The van der Waals surface area contributed by atoms with Crippen LogP contribution in [0.1, 0.15) is 12.8 Å². The van der Waals surface area contributed by atoms with Gasteiger partial charge in [0.2, 0.25) is 0 Å². The smallest absolute Gasteiger partial charge is 0.0450 e. The predicted octanol–water partition coefficient (Wildman–Crippen LogP) is 2.25. The van der Waals surface area contributed by atoms with Crippen molar-refractivity contribution in [3.63, 3.8) is 0 Å². The Morgan fingerprint density at radius 3 is 2.85 bits per heavy atom. The van der Waals surface area contributed by atoms with E-state index in [0.717, 1.165) is 0 Å². The summed E-state index contributed by atoms with van der Waals surface area (Å²) >= 11 is 1.76. The molecule has 3 heteroatoms. The minimum Gasteiger partial charge on any atom is -0.382 e. The fourth-order valence-electron chi connectivity index (χ4n) is 1.74. The third-order valence-electron chi connectivity index (χ3n) is 2.61. The molecule has 2 nitrogen and oxygen atoms in total. The Morgan fingerprint density at radius 1 is 1.46 bits per heavy atom. The van der Waals surface area contributed by atoms with E-state index in [1.54, 1.807) is 11.3 Å². The zero-order chi connectivity index (χ0) is 9.10. The maximum Gasteiger partial charge on any atom is 0.0450 e. The Hall–Kier alpha value is -0.540. The lowest BCUT2D eigenvalue weighted by atomic mass is 10.1. The van der Waals surface area contributed by atoms with Crippen molar-refractivity contribution in [2.75, 3.05) is 25.5 Å². The normalized spacial score (nSPS) is 20.4. The number of nitrogens with one attached hydrogen (secondary N) is 1. The van der Waals surface area contributed by atoms with E-state index < -0.39 is 0 Å². The number of hydrogen-bond donors (Lipinski definition) is 1. The summed E-state index contributed by atoms with van der Waals surface area (Å²) in [7, 11) is 2.20. The van der Waals surface area contributed by atoms with Crippen molar-refractivity contribution < 1.29 is 0 Å². The average Bonchev–Trinajstić information content (AvgIpc) is 2.62. The second-order valence-electron chi connectivity index (χ2n) is 3.73. The maximum atomic E-state index is 3.57. The number of piperidine rings is 1. The van der Waals surface area contributed by atoms with Gasteiger partial charge in [0.05, 0.1) is 0 Å². The SMILES string of the molecule is CN1CCC(Nc2ccsc2)CC1. The summed E-state index contributed by atoms with van der Waals surface area (Å²) in [6.07, 6.45) is 2.54. The van der Waals surface area contributed by atoms with Crippen LogP contribution in [-0.4, -0.2) is 31.1 Å². The second kappa shape index (κ2) is 4.11. The van der Waals surface area contributed by atoms with Crippen molar-refractivity contribution in [3.8, 4) is 0 Å². The molecule has 0 atom stereocenters. The van der Waals surface area contributed by atoms with Crippen molar-refractivity contribution in [3.05, 3.63) is 16.8 Å². The molecule has 0 unspecified atom stereocenters. The van der Waals surface area contributed by atoms with Crippen molar-refractivity contribution in [2.45, 2.75) is 18.9 Å². The van der Waals surface area contributed by atoms with Gasteiger partial charge < -0.3 is 10.2 Å². The molecule has 1 N–H and O–H groups in total. The lowest BCUT2D eigenvalue weighted by molar-refractivity contribution is 0.264. The van der Waals surface area contributed by atoms with Gasteiger partial charge in [0.25, 0.3) is 0 Å². The summed E-state index contributed by atoms with van der Waals surface area (Å²) in [6.45, 7) is 2.45. The van der Waals surface area contributed by atoms with Gasteiger partial charge in [-0.2, -0.15) is 11.3 Å². The van der Waals surface area contributed by atoms with E-state index >= 15 is 0 Å². The van der Waals surface area contributed by atoms with E-state index in [1.165, 1.54) is 31.6 Å². The van der Waals surface area contributed by atoms with Crippen LogP contribution in [0.5, 0.6) is 0 Å². The summed E-state index contributed by atoms with van der Waals surface area (Å²) in [4.78, 5) is 2.39. The van der Waals surface area contributed by atoms with Gasteiger partial charge in [-0.25, -0.2) is 0 Å². The Morgan fingerprint density at radius 2 is 2.23 bits per heavy atom. The van der Waals surface area contributed by atoms with Gasteiger partial charge in [-0.1, -0.05) is 0 Å². The largest absolute Gasteiger partial charge is 0.382 e. The van der Waals surface area contributed by atoms with E-state index in [9.17, 15) is 0 Å². The van der Waals surface area contributed by atoms with Crippen LogP contribution in [0.3, 0.4) is 0 Å². The van der Waals surface area contributed by atoms with Crippen LogP contribution in [0.25, 0.3) is 0 Å². The Kier molecular flexibility index (Phi) is 2.86. The molecule has 1 saturated heterocycles. The highest BCUT2D eigenvalue weighted by Crippen LogP contribution is 2.17. The molecule has 0 aliphatic carbocycles. The summed E-state index contributed by atoms with van der Waals surface area (Å²) < 4.78 is 0. The van der Waals surface area contributed by atoms with Gasteiger partial charge in [-0.3, -0.25) is 0 Å². The van der Waals surface area contributed by atoms with Crippen molar-refractivity contribution in [2.24, 2.45) is 0 Å². The molecule has 1 aliphatic heterocycles. The van der Waals surface area contributed by atoms with Crippen LogP contribution in [-0.2, 0) is 0 Å². The van der Waals surface area contributed by atoms with E-state index in [0.29, 0.717) is 6.04 Å². The van der Waals surface area contributed by atoms with Gasteiger partial charge in [0.15, 0.2) is 0 Å². The maximum absolute atomic E-state index is 3.57. The van der Waals surface area contributed by atoms with Crippen LogP contribution >= 0.6 is 11.3 Å². The third kappa shape index (κ3) is 2.45. The summed E-state index contributed by atoms with van der Waals surface area (Å²) in [6, 6.07) is 2.84. The molecule has 0 bridgehead atoms. The second-order valence-corrected chi connectivity index (χ2v) is 4.51. The first-order valence-corrected chi connectivity index (χ1v) is 5.76. The highest BCUT2D eigenvalue weighted by molar-refractivity contribution is 7.08. The monoisotopic (exact) mass is 196 g/mol. The molecule has 0 amide bonds. The number of anilines is 1. The average molecular weight is 196 g/mol. The lowest BCUT2D eigenvalue weighted by Gasteiger charge is -2.29. The van der Waals surface area contributed by atoms with Gasteiger partial charge in [-0.05, 0) is 44.4 Å². The number of rotatable bonds is 2. The van der Waals surface area contributed by atoms with E-state index in [4.69, 9.17) is 0 Å². The van der Waals surface area contributed by atoms with E-state index in [1.807, 2.05) is 0 Å². The van der Waals surface area contributed by atoms with E-state index in [-0.39, 0.29) is 0 Å². The summed E-state index contributed by atoms with van der Waals surface area (Å²) in [5, 5.41) is 7.87. The number of thiophene rings is 1. The zero-order valence-electron chi connectivity index (χ0n) is 7.99. The van der Waals surface area contributed by atoms with Crippen molar-refractivity contribution in [1.82, 2.24) is 4.90 Å². The number of likely N-dealkylation sites (tertiary alicyclic amines) is 1. The minimum atomic E-state index is 0.686. The fraction of sp³-hybridized carbons (Fsp3) is 0.600. The van der Waals surface area contributed by atoms with Crippen LogP contribution < -0.4 is 5.32 Å². The molecule has 0 aromatic carbocycles. The summed E-state index contributed by atoms with van der Waals surface area (Å²) in [5.41, 5.74) is 1.29. The fourth-order valence-corrected chi connectivity index (χ4v) is 2.33. The molecule has 1 aromatic heterocycles. The molecule has 13 heavy (non-hydrogen) atoms. The van der Waals surface area contributed by atoms with Crippen LogP contribution in [0, 0.1) is 0 Å². The first-order chi connectivity index (χ1) is 6.34.